The molecule has 1 amide bonds. The minimum atomic E-state index is -3.56. The maximum Gasteiger partial charge on any atom is 0.243 e. The first-order valence-corrected chi connectivity index (χ1v) is 12.5. The van der Waals surface area contributed by atoms with Crippen LogP contribution in [0.2, 0.25) is 0 Å². The van der Waals surface area contributed by atoms with Gasteiger partial charge in [-0.2, -0.15) is 4.31 Å². The molecular formula is C23H25N3O3S2. The van der Waals surface area contributed by atoms with E-state index in [1.807, 2.05) is 44.2 Å². The average Bonchev–Trinajstić information content (AvgIpc) is 3.15. The van der Waals surface area contributed by atoms with Crippen molar-refractivity contribution in [1.82, 2.24) is 9.29 Å². The van der Waals surface area contributed by atoms with Gasteiger partial charge in [-0.3, -0.25) is 4.79 Å². The van der Waals surface area contributed by atoms with Crippen LogP contribution in [0.15, 0.2) is 59.5 Å². The van der Waals surface area contributed by atoms with Crippen LogP contribution in [0.3, 0.4) is 0 Å². The van der Waals surface area contributed by atoms with Crippen LogP contribution in [0.25, 0.3) is 0 Å². The Balaban J connectivity index is 1.42. The number of sulfonamides is 1. The molecule has 0 spiro atoms. The molecule has 4 rings (SSSR count). The Morgan fingerprint density at radius 1 is 1.16 bits per heavy atom. The molecule has 1 aliphatic rings. The zero-order valence-electron chi connectivity index (χ0n) is 17.5. The van der Waals surface area contributed by atoms with Gasteiger partial charge in [0.2, 0.25) is 15.9 Å². The van der Waals surface area contributed by atoms with E-state index in [1.54, 1.807) is 24.3 Å². The van der Waals surface area contributed by atoms with Crippen molar-refractivity contribution in [1.29, 1.82) is 0 Å². The summed E-state index contributed by atoms with van der Waals surface area (Å²) in [5.74, 6) is 0.0116. The van der Waals surface area contributed by atoms with Gasteiger partial charge in [0.15, 0.2) is 5.13 Å². The second-order valence-electron chi connectivity index (χ2n) is 7.85. The summed E-state index contributed by atoms with van der Waals surface area (Å²) in [6, 6.07) is 16.8. The van der Waals surface area contributed by atoms with Crippen LogP contribution in [-0.4, -0.2) is 30.2 Å². The monoisotopic (exact) mass is 455 g/mol. The Morgan fingerprint density at radius 3 is 2.58 bits per heavy atom. The predicted molar refractivity (Wildman–Crippen MR) is 123 cm³/mol. The summed E-state index contributed by atoms with van der Waals surface area (Å²) in [5, 5.41) is 3.42. The van der Waals surface area contributed by atoms with Crippen LogP contribution in [0.4, 0.5) is 5.13 Å². The van der Waals surface area contributed by atoms with Gasteiger partial charge in [0, 0.05) is 24.3 Å². The van der Waals surface area contributed by atoms with Gasteiger partial charge in [-0.15, -0.1) is 11.3 Å². The Labute approximate surface area is 187 Å². The van der Waals surface area contributed by atoms with Gasteiger partial charge in [-0.25, -0.2) is 13.4 Å². The van der Waals surface area contributed by atoms with E-state index >= 15 is 0 Å². The maximum atomic E-state index is 13.0. The van der Waals surface area contributed by atoms with Crippen LogP contribution in [0.1, 0.15) is 41.0 Å². The summed E-state index contributed by atoms with van der Waals surface area (Å²) in [4.78, 5) is 18.2. The zero-order chi connectivity index (χ0) is 22.0. The smallest absolute Gasteiger partial charge is 0.243 e. The number of benzene rings is 2. The molecule has 2 aromatic carbocycles. The van der Waals surface area contributed by atoms with Gasteiger partial charge in [-0.05, 0) is 30.5 Å². The van der Waals surface area contributed by atoms with E-state index in [1.165, 1.54) is 15.6 Å². The van der Waals surface area contributed by atoms with E-state index < -0.39 is 10.0 Å². The Kier molecular flexibility index (Phi) is 6.22. The number of nitrogens with zero attached hydrogens (tertiary/aromatic N) is 2. The number of carbonyl (C=O) groups is 1. The first kappa shape index (κ1) is 21.7. The van der Waals surface area contributed by atoms with Gasteiger partial charge < -0.3 is 5.32 Å². The number of fused-ring (bicyclic) bond motifs is 1. The number of rotatable bonds is 6. The van der Waals surface area contributed by atoms with Crippen molar-refractivity contribution in [3.8, 4) is 0 Å². The highest BCUT2D eigenvalue weighted by molar-refractivity contribution is 7.89. The maximum absolute atomic E-state index is 13.0. The summed E-state index contributed by atoms with van der Waals surface area (Å²) >= 11 is 1.35. The fourth-order valence-corrected chi connectivity index (χ4v) is 6.17. The summed E-state index contributed by atoms with van der Waals surface area (Å²) < 4.78 is 27.5. The number of carbonyl (C=O) groups excluding carboxylic acids is 1. The molecular weight excluding hydrogens is 430 g/mol. The minimum absolute atomic E-state index is 0.0911. The largest absolute Gasteiger partial charge is 0.302 e. The third-order valence-corrected chi connectivity index (χ3v) is 8.32. The zero-order valence-corrected chi connectivity index (χ0v) is 19.2. The molecule has 1 N–H and O–H groups in total. The van der Waals surface area contributed by atoms with Crippen molar-refractivity contribution in [3.63, 3.8) is 0 Å². The standard InChI is InChI=1S/C23H25N3O3S2/c1-16-8-10-19(11-9-16)31(28,29)26-13-12-20-21(15-26)30-23(24-20)25-22(27)14-17(2)18-6-4-3-5-7-18/h3-11,17H,12-15H2,1-2H3,(H,24,25,27)/t17-/m0/s1. The van der Waals surface area contributed by atoms with E-state index in [0.29, 0.717) is 29.4 Å². The van der Waals surface area contributed by atoms with Crippen LogP contribution < -0.4 is 5.32 Å². The lowest BCUT2D eigenvalue weighted by Gasteiger charge is -2.25. The van der Waals surface area contributed by atoms with Gasteiger partial charge in [0.1, 0.15) is 0 Å². The molecule has 8 heteroatoms. The summed E-state index contributed by atoms with van der Waals surface area (Å²) in [6.07, 6.45) is 0.898. The molecule has 6 nitrogen and oxygen atoms in total. The topological polar surface area (TPSA) is 79.4 Å². The van der Waals surface area contributed by atoms with Crippen molar-refractivity contribution in [2.75, 3.05) is 11.9 Å². The van der Waals surface area contributed by atoms with Crippen LogP contribution in [-0.2, 0) is 27.8 Å². The number of hydrogen-bond acceptors (Lipinski definition) is 5. The van der Waals surface area contributed by atoms with Gasteiger partial charge in [0.25, 0.3) is 0 Å². The van der Waals surface area contributed by atoms with E-state index in [4.69, 9.17) is 0 Å². The van der Waals surface area contributed by atoms with Crippen LogP contribution in [0, 0.1) is 6.92 Å². The summed E-state index contributed by atoms with van der Waals surface area (Å²) in [7, 11) is -3.56. The number of aryl methyl sites for hydroxylation is 1. The van der Waals surface area contributed by atoms with E-state index in [2.05, 4.69) is 10.3 Å². The number of aromatic nitrogens is 1. The molecule has 0 bridgehead atoms. The first-order valence-electron chi connectivity index (χ1n) is 10.2. The Bertz CT molecular complexity index is 1170. The van der Waals surface area contributed by atoms with Crippen molar-refractivity contribution in [3.05, 3.63) is 76.3 Å². The van der Waals surface area contributed by atoms with Crippen LogP contribution >= 0.6 is 11.3 Å². The minimum Gasteiger partial charge on any atom is -0.302 e. The van der Waals surface area contributed by atoms with E-state index in [-0.39, 0.29) is 18.4 Å². The summed E-state index contributed by atoms with van der Waals surface area (Å²) in [5.41, 5.74) is 3.00. The molecule has 0 fully saturated rings. The van der Waals surface area contributed by atoms with Crippen molar-refractivity contribution >= 4 is 32.4 Å². The first-order chi connectivity index (χ1) is 14.8. The van der Waals surface area contributed by atoms with E-state index in [9.17, 15) is 13.2 Å². The molecule has 0 saturated carbocycles. The van der Waals surface area contributed by atoms with E-state index in [0.717, 1.165) is 21.7 Å². The Morgan fingerprint density at radius 2 is 1.87 bits per heavy atom. The quantitative estimate of drug-likeness (QED) is 0.600. The number of thiazole rings is 1. The normalized spacial score (nSPS) is 15.3. The highest BCUT2D eigenvalue weighted by Crippen LogP contribution is 2.31. The third-order valence-electron chi connectivity index (χ3n) is 5.46. The second-order valence-corrected chi connectivity index (χ2v) is 10.9. The molecule has 0 unspecified atom stereocenters. The second kappa shape index (κ2) is 8.90. The fraction of sp³-hybridized carbons (Fsp3) is 0.304. The molecule has 31 heavy (non-hydrogen) atoms. The number of hydrogen-bond donors (Lipinski definition) is 1. The predicted octanol–water partition coefficient (Wildman–Crippen LogP) is 4.33. The fourth-order valence-electron chi connectivity index (χ4n) is 3.64. The molecule has 0 radical (unpaired) electrons. The number of amides is 1. The summed E-state index contributed by atoms with van der Waals surface area (Å²) in [6.45, 7) is 4.61. The van der Waals surface area contributed by atoms with Crippen molar-refractivity contribution in [2.24, 2.45) is 0 Å². The molecule has 2 heterocycles. The van der Waals surface area contributed by atoms with Crippen LogP contribution in [0.5, 0.6) is 0 Å². The lowest BCUT2D eigenvalue weighted by molar-refractivity contribution is -0.116. The molecule has 1 aliphatic heterocycles. The molecule has 1 atom stereocenters. The molecule has 0 aliphatic carbocycles. The number of nitrogens with one attached hydrogen (secondary N) is 1. The van der Waals surface area contributed by atoms with Crippen molar-refractivity contribution < 1.29 is 13.2 Å². The van der Waals surface area contributed by atoms with Gasteiger partial charge >= 0.3 is 0 Å². The molecule has 162 valence electrons. The molecule has 0 saturated heterocycles. The average molecular weight is 456 g/mol. The number of anilines is 1. The molecule has 3 aromatic rings. The Hall–Kier alpha value is -2.55. The van der Waals surface area contributed by atoms with Gasteiger partial charge in [-0.1, -0.05) is 55.0 Å². The van der Waals surface area contributed by atoms with Gasteiger partial charge in [0.05, 0.1) is 17.1 Å². The lowest BCUT2D eigenvalue weighted by atomic mass is 9.98. The lowest BCUT2D eigenvalue weighted by Crippen LogP contribution is -2.35. The molecule has 1 aromatic heterocycles. The highest BCUT2D eigenvalue weighted by atomic mass is 32.2. The third kappa shape index (κ3) is 4.87. The SMILES string of the molecule is Cc1ccc(S(=O)(=O)N2CCc3nc(NC(=O)C[C@H](C)c4ccccc4)sc3C2)cc1. The van der Waals surface area contributed by atoms with Crippen molar-refractivity contribution in [2.45, 2.75) is 44.0 Å². The highest BCUT2D eigenvalue weighted by Gasteiger charge is 2.30.